The van der Waals surface area contributed by atoms with Crippen LogP contribution in [0.4, 0.5) is 0 Å². The lowest BCUT2D eigenvalue weighted by molar-refractivity contribution is -0.125. The Hall–Kier alpha value is -1.70. The predicted molar refractivity (Wildman–Crippen MR) is 140 cm³/mol. The van der Waals surface area contributed by atoms with Crippen molar-refractivity contribution in [3.05, 3.63) is 38.2 Å². The van der Waals surface area contributed by atoms with Crippen molar-refractivity contribution in [2.24, 2.45) is 11.8 Å². The van der Waals surface area contributed by atoms with Gasteiger partial charge in [0.2, 0.25) is 10.0 Å². The molecule has 0 bridgehead atoms. The third-order valence-electron chi connectivity index (χ3n) is 6.58. The van der Waals surface area contributed by atoms with E-state index in [1.54, 1.807) is 14.1 Å². The summed E-state index contributed by atoms with van der Waals surface area (Å²) in [6.45, 7) is 3.57. The van der Waals surface area contributed by atoms with Crippen LogP contribution in [0.5, 0.6) is 0 Å². The number of allylic oxidation sites excluding steroid dienone is 1. The third kappa shape index (κ3) is 5.69. The maximum Gasteiger partial charge on any atom is 0.342 e. The van der Waals surface area contributed by atoms with Gasteiger partial charge in [-0.3, -0.25) is 4.79 Å². The minimum Gasteiger partial charge on any atom is -0.439 e. The first-order valence-electron chi connectivity index (χ1n) is 11.7. The number of hydrogen-bond donors (Lipinski definition) is 0. The number of hydrogen-bond acceptors (Lipinski definition) is 8. The highest BCUT2D eigenvalue weighted by molar-refractivity contribution is 7.94. The van der Waals surface area contributed by atoms with Crippen molar-refractivity contribution in [3.63, 3.8) is 0 Å². The lowest BCUT2D eigenvalue weighted by Crippen LogP contribution is -2.35. The van der Waals surface area contributed by atoms with E-state index in [0.29, 0.717) is 23.7 Å². The number of esters is 1. The Kier molecular flexibility index (Phi) is 9.03. The van der Waals surface area contributed by atoms with E-state index in [4.69, 9.17) is 27.9 Å². The molecule has 206 valence electrons. The Labute approximate surface area is 228 Å². The molecule has 1 heterocycles. The largest absolute Gasteiger partial charge is 0.439 e. The zero-order valence-corrected chi connectivity index (χ0v) is 24.5. The number of rotatable bonds is 9. The van der Waals surface area contributed by atoms with Crippen LogP contribution in [0.2, 0.25) is 10.0 Å². The van der Waals surface area contributed by atoms with Gasteiger partial charge in [-0.2, -0.15) is 8.61 Å². The number of carbonyl (C=O) groups excluding carboxylic acids is 2. The van der Waals surface area contributed by atoms with Gasteiger partial charge in [0.05, 0.1) is 20.5 Å². The monoisotopic (exact) mass is 595 g/mol. The van der Waals surface area contributed by atoms with Gasteiger partial charge >= 0.3 is 5.97 Å². The molecule has 0 aromatic heterocycles. The summed E-state index contributed by atoms with van der Waals surface area (Å²) in [4.78, 5) is 27.6. The van der Waals surface area contributed by atoms with Crippen LogP contribution in [0.3, 0.4) is 0 Å². The molecule has 1 unspecified atom stereocenters. The fourth-order valence-electron chi connectivity index (χ4n) is 4.42. The van der Waals surface area contributed by atoms with Crippen molar-refractivity contribution in [1.29, 1.82) is 0 Å². The van der Waals surface area contributed by atoms with Crippen molar-refractivity contribution in [2.75, 3.05) is 41.0 Å². The number of likely N-dealkylation sites (N-methyl/N-ethyl adjacent to an activating group) is 2. The topological polar surface area (TPSA) is 121 Å². The highest BCUT2D eigenvalue weighted by atomic mass is 35.5. The summed E-state index contributed by atoms with van der Waals surface area (Å²) >= 11 is 12.5. The summed E-state index contributed by atoms with van der Waals surface area (Å²) < 4.78 is 59.1. The fraction of sp³-hybridized carbons (Fsp3) is 0.565. The van der Waals surface area contributed by atoms with Crippen molar-refractivity contribution in [3.8, 4) is 0 Å². The molecule has 2 aliphatic rings. The van der Waals surface area contributed by atoms with Gasteiger partial charge in [0.1, 0.15) is 4.90 Å². The smallest absolute Gasteiger partial charge is 0.342 e. The lowest BCUT2D eigenvalue weighted by Gasteiger charge is -2.25. The molecule has 0 spiro atoms. The molecular formula is C23H31Cl2N3O7S2. The Bertz CT molecular complexity index is 1340. The Morgan fingerprint density at radius 2 is 1.84 bits per heavy atom. The van der Waals surface area contributed by atoms with Crippen LogP contribution < -0.4 is 0 Å². The van der Waals surface area contributed by atoms with E-state index in [2.05, 4.69) is 0 Å². The molecule has 10 nitrogen and oxygen atoms in total. The maximum atomic E-state index is 13.1. The molecule has 3 rings (SSSR count). The number of ether oxygens (including phenoxy) is 1. The predicted octanol–water partition coefficient (Wildman–Crippen LogP) is 3.17. The van der Waals surface area contributed by atoms with Crippen LogP contribution >= 0.6 is 23.2 Å². The van der Waals surface area contributed by atoms with E-state index in [1.165, 1.54) is 19.2 Å². The quantitative estimate of drug-likeness (QED) is 0.399. The number of nitrogens with zero attached hydrogens (tertiary/aromatic N) is 3. The zero-order valence-electron chi connectivity index (χ0n) is 21.3. The van der Waals surface area contributed by atoms with Gasteiger partial charge in [-0.05, 0) is 57.3 Å². The standard InChI is InChI=1S/C23H31Cl2N3O7S2/c1-14(2)15-7-6-8-17-19(15)22(29)28(37(17,33)34)13-35-23(30)20-16(24)9-10-18(21(20)25)36(31,32)27(5)12-11-26(3)4/h9-10,14-15H,6-8,11-13H2,1-5H3. The summed E-state index contributed by atoms with van der Waals surface area (Å²) in [5, 5.41) is -0.639. The van der Waals surface area contributed by atoms with Gasteiger partial charge in [-0.1, -0.05) is 37.0 Å². The van der Waals surface area contributed by atoms with Crippen LogP contribution in [0, 0.1) is 11.8 Å². The normalized spacial score (nSPS) is 19.8. The van der Waals surface area contributed by atoms with Gasteiger partial charge in [0, 0.05) is 25.7 Å². The highest BCUT2D eigenvalue weighted by Crippen LogP contribution is 2.43. The summed E-state index contributed by atoms with van der Waals surface area (Å²) in [6.07, 6.45) is 1.58. The molecule has 1 aromatic carbocycles. The molecule has 1 aliphatic carbocycles. The number of amides is 1. The summed E-state index contributed by atoms with van der Waals surface area (Å²) in [5.41, 5.74) is -0.186. The second-order valence-electron chi connectivity index (χ2n) is 9.66. The Morgan fingerprint density at radius 1 is 1.19 bits per heavy atom. The Morgan fingerprint density at radius 3 is 2.43 bits per heavy atom. The average molecular weight is 597 g/mol. The van der Waals surface area contributed by atoms with Crippen LogP contribution in [0.25, 0.3) is 0 Å². The molecule has 1 amide bonds. The van der Waals surface area contributed by atoms with Gasteiger partial charge in [-0.15, -0.1) is 0 Å². The van der Waals surface area contributed by atoms with Crippen molar-refractivity contribution in [1.82, 2.24) is 13.5 Å². The van der Waals surface area contributed by atoms with Crippen LogP contribution in [0.15, 0.2) is 27.5 Å². The van der Waals surface area contributed by atoms with Crippen molar-refractivity contribution in [2.45, 2.75) is 38.0 Å². The second kappa shape index (κ2) is 11.2. The van der Waals surface area contributed by atoms with Gasteiger partial charge < -0.3 is 9.64 Å². The fourth-order valence-corrected chi connectivity index (χ4v) is 8.16. The van der Waals surface area contributed by atoms with E-state index in [1.807, 2.05) is 18.7 Å². The minimum absolute atomic E-state index is 0.0603. The van der Waals surface area contributed by atoms with E-state index >= 15 is 0 Å². The average Bonchev–Trinajstić information content (AvgIpc) is 3.00. The highest BCUT2D eigenvalue weighted by Gasteiger charge is 2.48. The number of benzene rings is 1. The molecule has 1 aromatic rings. The summed E-state index contributed by atoms with van der Waals surface area (Å²) in [7, 11) is -3.26. The van der Waals surface area contributed by atoms with Crippen LogP contribution in [0.1, 0.15) is 43.5 Å². The molecule has 0 saturated heterocycles. The number of sulfonamides is 2. The third-order valence-corrected chi connectivity index (χ3v) is 11.2. The zero-order chi connectivity index (χ0) is 27.9. The van der Waals surface area contributed by atoms with Crippen molar-refractivity contribution >= 4 is 55.1 Å². The molecule has 0 saturated carbocycles. The van der Waals surface area contributed by atoms with Gasteiger partial charge in [0.15, 0.2) is 6.73 Å². The van der Waals surface area contributed by atoms with E-state index < -0.39 is 49.2 Å². The molecular weight excluding hydrogens is 565 g/mol. The number of carbonyl (C=O) groups is 2. The molecule has 1 aliphatic heterocycles. The molecule has 14 heteroatoms. The minimum atomic E-state index is -4.14. The van der Waals surface area contributed by atoms with Crippen LogP contribution in [-0.2, 0) is 29.6 Å². The maximum absolute atomic E-state index is 13.1. The number of halogens is 2. The SMILES string of the molecule is CC(C)C1CCCC2=C1C(=O)N(COC(=O)c1c(Cl)ccc(S(=O)(=O)N(C)CCN(C)C)c1Cl)S2(=O)=O. The molecule has 37 heavy (non-hydrogen) atoms. The first-order valence-corrected chi connectivity index (χ1v) is 15.3. The van der Waals surface area contributed by atoms with E-state index in [-0.39, 0.29) is 45.2 Å². The molecule has 0 radical (unpaired) electrons. The molecule has 1 atom stereocenters. The van der Waals surface area contributed by atoms with Crippen LogP contribution in [-0.4, -0.2) is 83.2 Å². The molecule has 0 fully saturated rings. The van der Waals surface area contributed by atoms with Gasteiger partial charge in [-0.25, -0.2) is 21.6 Å². The van der Waals surface area contributed by atoms with E-state index in [0.717, 1.165) is 4.31 Å². The Balaban J connectivity index is 1.85. The molecule has 0 N–H and O–H groups in total. The second-order valence-corrected chi connectivity index (χ2v) is 14.3. The lowest BCUT2D eigenvalue weighted by atomic mass is 9.80. The van der Waals surface area contributed by atoms with E-state index in [9.17, 15) is 26.4 Å². The first-order chi connectivity index (χ1) is 17.1. The van der Waals surface area contributed by atoms with Gasteiger partial charge in [0.25, 0.3) is 15.9 Å². The van der Waals surface area contributed by atoms with Crippen molar-refractivity contribution < 1.29 is 31.2 Å². The summed E-state index contributed by atoms with van der Waals surface area (Å²) in [5.74, 6) is -2.01. The first kappa shape index (κ1) is 29.9. The summed E-state index contributed by atoms with van der Waals surface area (Å²) in [6, 6.07) is 2.38.